The molecule has 174 valence electrons. The zero-order valence-corrected chi connectivity index (χ0v) is 19.2. The molecule has 6 nitrogen and oxygen atoms in total. The van der Waals surface area contributed by atoms with Gasteiger partial charge in [-0.2, -0.15) is 0 Å². The van der Waals surface area contributed by atoms with E-state index in [9.17, 15) is 18.8 Å². The number of hydrogen-bond donors (Lipinski definition) is 0. The van der Waals surface area contributed by atoms with Crippen LogP contribution in [0.1, 0.15) is 64.4 Å². The maximum atomic E-state index is 13.5. The largest absolute Gasteiger partial charge is 0.343 e. The van der Waals surface area contributed by atoms with Crippen molar-refractivity contribution in [1.29, 1.82) is 0 Å². The van der Waals surface area contributed by atoms with Crippen molar-refractivity contribution in [3.63, 3.8) is 0 Å². The molecule has 0 N–H and O–H groups in total. The van der Waals surface area contributed by atoms with Crippen LogP contribution in [0.4, 0.5) is 4.39 Å². The number of hydrogen-bond acceptors (Lipinski definition) is 3. The summed E-state index contributed by atoms with van der Waals surface area (Å²) in [4.78, 5) is 44.2. The van der Waals surface area contributed by atoms with Crippen molar-refractivity contribution >= 4 is 17.7 Å². The summed E-state index contributed by atoms with van der Waals surface area (Å²) in [5.74, 6) is 0.0202. The van der Waals surface area contributed by atoms with Crippen LogP contribution in [-0.2, 0) is 20.9 Å². The second kappa shape index (κ2) is 9.20. The summed E-state index contributed by atoms with van der Waals surface area (Å²) < 4.78 is 13.4. The summed E-state index contributed by atoms with van der Waals surface area (Å²) in [7, 11) is 0. The molecule has 7 heteroatoms. The average Bonchev–Trinajstić information content (AvgIpc) is 3.11. The molecule has 3 fully saturated rings. The molecule has 3 amide bonds. The van der Waals surface area contributed by atoms with Gasteiger partial charge in [0.15, 0.2) is 0 Å². The second-order valence-corrected chi connectivity index (χ2v) is 9.79. The lowest BCUT2D eigenvalue weighted by Gasteiger charge is -2.46. The van der Waals surface area contributed by atoms with Gasteiger partial charge in [-0.1, -0.05) is 18.6 Å². The minimum atomic E-state index is -0.429. The fraction of sp³-hybridized carbons (Fsp3) is 0.640. The molecule has 3 heterocycles. The van der Waals surface area contributed by atoms with E-state index in [0.717, 1.165) is 31.2 Å². The molecule has 0 aliphatic carbocycles. The number of amides is 3. The normalized spacial score (nSPS) is 27.2. The zero-order chi connectivity index (χ0) is 22.9. The first kappa shape index (κ1) is 22.7. The first-order chi connectivity index (χ1) is 15.3. The van der Waals surface area contributed by atoms with E-state index in [4.69, 9.17) is 0 Å². The van der Waals surface area contributed by atoms with E-state index < -0.39 is 5.54 Å². The topological polar surface area (TPSA) is 60.9 Å². The number of likely N-dealkylation sites (tertiary alicyclic amines) is 3. The van der Waals surface area contributed by atoms with Gasteiger partial charge in [0.1, 0.15) is 5.82 Å². The highest BCUT2D eigenvalue weighted by Gasteiger charge is 2.51. The summed E-state index contributed by atoms with van der Waals surface area (Å²) in [5, 5.41) is 0. The van der Waals surface area contributed by atoms with Crippen LogP contribution < -0.4 is 0 Å². The van der Waals surface area contributed by atoms with Crippen molar-refractivity contribution in [2.24, 2.45) is 5.92 Å². The average molecular weight is 444 g/mol. The lowest BCUT2D eigenvalue weighted by molar-refractivity contribution is -0.146. The van der Waals surface area contributed by atoms with E-state index >= 15 is 0 Å². The van der Waals surface area contributed by atoms with Gasteiger partial charge in [0.2, 0.25) is 17.7 Å². The summed E-state index contributed by atoms with van der Waals surface area (Å²) in [5.41, 5.74) is 0.475. The van der Waals surface area contributed by atoms with Gasteiger partial charge >= 0.3 is 0 Å². The van der Waals surface area contributed by atoms with Crippen LogP contribution in [0.2, 0.25) is 0 Å². The molecule has 2 atom stereocenters. The van der Waals surface area contributed by atoms with E-state index in [1.165, 1.54) is 12.1 Å². The van der Waals surface area contributed by atoms with Crippen LogP contribution in [0.3, 0.4) is 0 Å². The van der Waals surface area contributed by atoms with E-state index in [1.54, 1.807) is 19.1 Å². The lowest BCUT2D eigenvalue weighted by Crippen LogP contribution is -2.58. The summed E-state index contributed by atoms with van der Waals surface area (Å²) in [6.07, 6.45) is 5.33. The first-order valence-corrected chi connectivity index (χ1v) is 11.9. The van der Waals surface area contributed by atoms with E-state index in [-0.39, 0.29) is 35.5 Å². The Morgan fingerprint density at radius 1 is 1.06 bits per heavy atom. The van der Waals surface area contributed by atoms with E-state index in [1.807, 2.05) is 14.7 Å². The number of halogens is 1. The molecule has 0 radical (unpaired) electrons. The van der Waals surface area contributed by atoms with Crippen LogP contribution in [0.5, 0.6) is 0 Å². The number of nitrogens with zero attached hydrogens (tertiary/aromatic N) is 3. The molecule has 3 saturated heterocycles. The highest BCUT2D eigenvalue weighted by Crippen LogP contribution is 2.41. The van der Waals surface area contributed by atoms with Gasteiger partial charge in [-0.15, -0.1) is 0 Å². The van der Waals surface area contributed by atoms with Gasteiger partial charge in [0.25, 0.3) is 0 Å². The van der Waals surface area contributed by atoms with Gasteiger partial charge < -0.3 is 14.7 Å². The SMILES string of the molecule is CC(=O)N1CCC(C(=O)N2CC[C@]3(C)[C@H]2CCCCC(=O)N3Cc2ccc(F)cc2)CC1. The quantitative estimate of drug-likeness (QED) is 0.720. The molecule has 3 aliphatic rings. The Morgan fingerprint density at radius 3 is 2.41 bits per heavy atom. The molecular weight excluding hydrogens is 409 g/mol. The Balaban J connectivity index is 1.53. The van der Waals surface area contributed by atoms with Crippen molar-refractivity contribution in [2.45, 2.75) is 76.9 Å². The number of fused-ring (bicyclic) bond motifs is 1. The van der Waals surface area contributed by atoms with Crippen molar-refractivity contribution < 1.29 is 18.8 Å². The van der Waals surface area contributed by atoms with Crippen LogP contribution in [0.25, 0.3) is 0 Å². The summed E-state index contributed by atoms with van der Waals surface area (Å²) >= 11 is 0. The fourth-order valence-corrected chi connectivity index (χ4v) is 5.80. The molecular formula is C25H34FN3O3. The van der Waals surface area contributed by atoms with Gasteiger partial charge in [-0.25, -0.2) is 4.39 Å². The summed E-state index contributed by atoms with van der Waals surface area (Å²) in [6.45, 7) is 6.06. The molecule has 1 aromatic carbocycles. The molecule has 1 aromatic rings. The molecule has 0 aromatic heterocycles. The lowest BCUT2D eigenvalue weighted by atomic mass is 9.84. The smallest absolute Gasteiger partial charge is 0.226 e. The molecule has 0 spiro atoms. The van der Waals surface area contributed by atoms with Crippen LogP contribution >= 0.6 is 0 Å². The summed E-state index contributed by atoms with van der Waals surface area (Å²) in [6, 6.07) is 6.33. The maximum absolute atomic E-state index is 13.5. The van der Waals surface area contributed by atoms with Gasteiger partial charge in [0.05, 0.1) is 11.6 Å². The van der Waals surface area contributed by atoms with Crippen molar-refractivity contribution in [3.05, 3.63) is 35.6 Å². The standard InChI is InChI=1S/C25H34FN3O3/c1-18(30)27-14-11-20(12-15-27)24(32)28-16-13-25(2)22(28)5-3-4-6-23(31)29(25)17-19-7-9-21(26)10-8-19/h7-10,20,22H,3-6,11-17H2,1-2H3/t22-,25-/m1/s1. The van der Waals surface area contributed by atoms with Crippen LogP contribution in [0.15, 0.2) is 24.3 Å². The molecule has 3 aliphatic heterocycles. The van der Waals surface area contributed by atoms with Crippen molar-refractivity contribution in [2.75, 3.05) is 19.6 Å². The highest BCUT2D eigenvalue weighted by molar-refractivity contribution is 5.82. The van der Waals surface area contributed by atoms with Crippen molar-refractivity contribution in [1.82, 2.24) is 14.7 Å². The predicted octanol–water partition coefficient (Wildman–Crippen LogP) is 3.35. The van der Waals surface area contributed by atoms with Crippen molar-refractivity contribution in [3.8, 4) is 0 Å². The zero-order valence-electron chi connectivity index (χ0n) is 19.2. The highest BCUT2D eigenvalue weighted by atomic mass is 19.1. The third-order valence-electron chi connectivity index (χ3n) is 7.82. The molecule has 0 unspecified atom stereocenters. The van der Waals surface area contributed by atoms with E-state index in [0.29, 0.717) is 45.4 Å². The van der Waals surface area contributed by atoms with Crippen LogP contribution in [0, 0.1) is 11.7 Å². The first-order valence-electron chi connectivity index (χ1n) is 11.9. The fourth-order valence-electron chi connectivity index (χ4n) is 5.80. The monoisotopic (exact) mass is 443 g/mol. The molecule has 32 heavy (non-hydrogen) atoms. The molecule has 0 saturated carbocycles. The van der Waals surface area contributed by atoms with Gasteiger partial charge in [0, 0.05) is 45.4 Å². The Bertz CT molecular complexity index is 866. The third kappa shape index (κ3) is 4.39. The Hall–Kier alpha value is -2.44. The maximum Gasteiger partial charge on any atom is 0.226 e. The molecule has 4 rings (SSSR count). The van der Waals surface area contributed by atoms with Crippen LogP contribution in [-0.4, -0.2) is 63.6 Å². The van der Waals surface area contributed by atoms with Gasteiger partial charge in [-0.05, 0) is 56.7 Å². The molecule has 0 bridgehead atoms. The number of benzene rings is 1. The Kier molecular flexibility index (Phi) is 6.54. The minimum Gasteiger partial charge on any atom is -0.343 e. The van der Waals surface area contributed by atoms with Gasteiger partial charge in [-0.3, -0.25) is 14.4 Å². The number of carbonyl (C=O) groups is 3. The Morgan fingerprint density at radius 2 is 1.75 bits per heavy atom. The van der Waals surface area contributed by atoms with E-state index in [2.05, 4.69) is 6.92 Å². The predicted molar refractivity (Wildman–Crippen MR) is 119 cm³/mol. The number of rotatable bonds is 3. The third-order valence-corrected chi connectivity index (χ3v) is 7.82. The number of piperidine rings is 1. The Labute approximate surface area is 189 Å². The number of carbonyl (C=O) groups excluding carboxylic acids is 3. The second-order valence-electron chi connectivity index (χ2n) is 9.79. The minimum absolute atomic E-state index is 0.00876.